The van der Waals surface area contributed by atoms with Gasteiger partial charge in [0, 0.05) is 25.0 Å². The molecule has 1 heterocycles. The first-order valence-corrected chi connectivity index (χ1v) is 7.84. The van der Waals surface area contributed by atoms with Gasteiger partial charge in [-0.15, -0.1) is 0 Å². The zero-order valence-corrected chi connectivity index (χ0v) is 12.4. The zero-order valence-electron chi connectivity index (χ0n) is 12.4. The Balaban J connectivity index is 1.75. The van der Waals surface area contributed by atoms with E-state index in [1.807, 2.05) is 0 Å². The number of carbonyl (C=O) groups is 2. The van der Waals surface area contributed by atoms with E-state index in [2.05, 4.69) is 5.32 Å². The number of piperidine rings is 1. The number of amides is 2. The van der Waals surface area contributed by atoms with E-state index in [4.69, 9.17) is 4.74 Å². The van der Waals surface area contributed by atoms with Gasteiger partial charge in [0.1, 0.15) is 0 Å². The van der Waals surface area contributed by atoms with Crippen molar-refractivity contribution in [2.75, 3.05) is 20.2 Å². The maximum absolute atomic E-state index is 12.3. The number of hydrogen-bond donors (Lipinski definition) is 1. The van der Waals surface area contributed by atoms with Crippen molar-refractivity contribution in [2.24, 2.45) is 5.92 Å². The van der Waals surface area contributed by atoms with Crippen LogP contribution in [0.4, 0.5) is 4.79 Å². The molecule has 1 aliphatic heterocycles. The van der Waals surface area contributed by atoms with E-state index in [1.165, 1.54) is 32.8 Å². The number of rotatable bonds is 2. The Morgan fingerprint density at radius 2 is 1.60 bits per heavy atom. The highest BCUT2D eigenvalue weighted by atomic mass is 16.5. The highest BCUT2D eigenvalue weighted by Gasteiger charge is 2.28. The molecule has 20 heavy (non-hydrogen) atoms. The molecule has 0 aromatic heterocycles. The van der Waals surface area contributed by atoms with Crippen LogP contribution in [0.25, 0.3) is 0 Å². The Bertz CT molecular complexity index is 330. The predicted molar refractivity (Wildman–Crippen MR) is 76.3 cm³/mol. The Kier molecular flexibility index (Phi) is 5.68. The van der Waals surface area contributed by atoms with Gasteiger partial charge >= 0.3 is 6.09 Å². The number of hydrogen-bond acceptors (Lipinski definition) is 3. The van der Waals surface area contributed by atoms with Crippen molar-refractivity contribution in [3.8, 4) is 0 Å². The summed E-state index contributed by atoms with van der Waals surface area (Å²) in [6.07, 6.45) is 8.49. The summed E-state index contributed by atoms with van der Waals surface area (Å²) >= 11 is 0. The van der Waals surface area contributed by atoms with Gasteiger partial charge in [-0.3, -0.25) is 4.79 Å². The summed E-state index contributed by atoms with van der Waals surface area (Å²) in [5.74, 6) is 0.237. The number of ether oxygens (including phenoxy) is 1. The van der Waals surface area contributed by atoms with Crippen molar-refractivity contribution >= 4 is 12.0 Å². The molecule has 2 rings (SSSR count). The average molecular weight is 282 g/mol. The molecule has 0 aromatic carbocycles. The quantitative estimate of drug-likeness (QED) is 0.791. The molecule has 2 aliphatic rings. The fourth-order valence-corrected chi connectivity index (χ4v) is 3.20. The van der Waals surface area contributed by atoms with Crippen molar-refractivity contribution in [1.82, 2.24) is 10.2 Å². The average Bonchev–Trinajstić information content (AvgIpc) is 2.75. The molecule has 0 unspecified atom stereocenters. The Hall–Kier alpha value is -1.26. The molecule has 1 aliphatic carbocycles. The van der Waals surface area contributed by atoms with Crippen molar-refractivity contribution in [1.29, 1.82) is 0 Å². The van der Waals surface area contributed by atoms with E-state index in [-0.39, 0.29) is 17.9 Å². The van der Waals surface area contributed by atoms with Crippen LogP contribution in [0.5, 0.6) is 0 Å². The van der Waals surface area contributed by atoms with Gasteiger partial charge in [-0.1, -0.05) is 25.7 Å². The second kappa shape index (κ2) is 7.50. The first kappa shape index (κ1) is 15.1. The number of likely N-dealkylation sites (tertiary alicyclic amines) is 1. The van der Waals surface area contributed by atoms with E-state index in [0.29, 0.717) is 19.1 Å². The van der Waals surface area contributed by atoms with Gasteiger partial charge in [0.15, 0.2) is 0 Å². The van der Waals surface area contributed by atoms with Crippen LogP contribution in [0.15, 0.2) is 0 Å². The van der Waals surface area contributed by atoms with E-state index in [0.717, 1.165) is 25.7 Å². The van der Waals surface area contributed by atoms with Gasteiger partial charge in [0.05, 0.1) is 7.11 Å². The minimum atomic E-state index is -0.285. The van der Waals surface area contributed by atoms with Crippen LogP contribution in [-0.2, 0) is 9.53 Å². The summed E-state index contributed by atoms with van der Waals surface area (Å²) in [4.78, 5) is 25.4. The Labute approximate surface area is 121 Å². The maximum Gasteiger partial charge on any atom is 0.409 e. The van der Waals surface area contributed by atoms with Crippen molar-refractivity contribution in [2.45, 2.75) is 57.4 Å². The molecule has 114 valence electrons. The second-order valence-corrected chi connectivity index (χ2v) is 5.93. The fraction of sp³-hybridized carbons (Fsp3) is 0.867. The summed E-state index contributed by atoms with van der Waals surface area (Å²) in [6.45, 7) is 1.24. The van der Waals surface area contributed by atoms with E-state index in [1.54, 1.807) is 4.90 Å². The third-order valence-electron chi connectivity index (χ3n) is 4.50. The first-order valence-electron chi connectivity index (χ1n) is 7.84. The third kappa shape index (κ3) is 4.12. The molecule has 5 heteroatoms. The number of nitrogens with one attached hydrogen (secondary N) is 1. The van der Waals surface area contributed by atoms with Gasteiger partial charge in [-0.2, -0.15) is 0 Å². The van der Waals surface area contributed by atoms with E-state index >= 15 is 0 Å². The topological polar surface area (TPSA) is 58.6 Å². The maximum atomic E-state index is 12.3. The van der Waals surface area contributed by atoms with Gasteiger partial charge in [-0.05, 0) is 25.7 Å². The molecule has 2 fully saturated rings. The lowest BCUT2D eigenvalue weighted by Gasteiger charge is -2.31. The number of nitrogens with zero attached hydrogens (tertiary/aromatic N) is 1. The van der Waals surface area contributed by atoms with Crippen LogP contribution in [-0.4, -0.2) is 43.1 Å². The summed E-state index contributed by atoms with van der Waals surface area (Å²) in [5.41, 5.74) is 0. The molecule has 0 spiro atoms. The Morgan fingerprint density at radius 1 is 1.00 bits per heavy atom. The summed E-state index contributed by atoms with van der Waals surface area (Å²) in [7, 11) is 1.40. The van der Waals surface area contributed by atoms with Crippen LogP contribution >= 0.6 is 0 Å². The summed E-state index contributed by atoms with van der Waals surface area (Å²) in [6, 6.07) is 0.364. The van der Waals surface area contributed by atoms with Crippen molar-refractivity contribution < 1.29 is 14.3 Å². The van der Waals surface area contributed by atoms with Gasteiger partial charge < -0.3 is 15.0 Å². The highest BCUT2D eigenvalue weighted by Crippen LogP contribution is 2.21. The lowest BCUT2D eigenvalue weighted by Crippen LogP contribution is -2.45. The molecule has 5 nitrogen and oxygen atoms in total. The van der Waals surface area contributed by atoms with Crippen LogP contribution in [0.2, 0.25) is 0 Å². The fourth-order valence-electron chi connectivity index (χ4n) is 3.20. The SMILES string of the molecule is COC(=O)N1CCC(C(=O)NC2CCCCCC2)CC1. The lowest BCUT2D eigenvalue weighted by molar-refractivity contribution is -0.127. The van der Waals surface area contributed by atoms with Gasteiger partial charge in [0.2, 0.25) is 5.91 Å². The summed E-state index contributed by atoms with van der Waals surface area (Å²) < 4.78 is 4.71. The van der Waals surface area contributed by atoms with E-state index in [9.17, 15) is 9.59 Å². The van der Waals surface area contributed by atoms with Gasteiger partial charge in [0.25, 0.3) is 0 Å². The minimum Gasteiger partial charge on any atom is -0.453 e. The van der Waals surface area contributed by atoms with Crippen LogP contribution in [0.3, 0.4) is 0 Å². The van der Waals surface area contributed by atoms with Crippen LogP contribution < -0.4 is 5.32 Å². The molecular weight excluding hydrogens is 256 g/mol. The minimum absolute atomic E-state index is 0.0548. The van der Waals surface area contributed by atoms with Crippen molar-refractivity contribution in [3.63, 3.8) is 0 Å². The molecule has 1 N–H and O–H groups in total. The lowest BCUT2D eigenvalue weighted by atomic mass is 9.95. The smallest absolute Gasteiger partial charge is 0.409 e. The molecular formula is C15H26N2O3. The zero-order chi connectivity index (χ0) is 14.4. The number of methoxy groups -OCH3 is 1. The van der Waals surface area contributed by atoms with Crippen LogP contribution in [0.1, 0.15) is 51.4 Å². The highest BCUT2D eigenvalue weighted by molar-refractivity contribution is 5.79. The summed E-state index contributed by atoms with van der Waals surface area (Å²) in [5, 5.41) is 3.21. The third-order valence-corrected chi connectivity index (χ3v) is 4.50. The molecule has 0 bridgehead atoms. The molecule has 0 aromatic rings. The molecule has 0 radical (unpaired) electrons. The standard InChI is InChI=1S/C15H26N2O3/c1-20-15(19)17-10-8-12(9-11-17)14(18)16-13-6-4-2-3-5-7-13/h12-13H,2-11H2,1H3,(H,16,18). The van der Waals surface area contributed by atoms with Crippen LogP contribution in [0, 0.1) is 5.92 Å². The normalized spacial score (nSPS) is 22.1. The number of carbonyl (C=O) groups excluding carboxylic acids is 2. The molecule has 1 saturated carbocycles. The monoisotopic (exact) mass is 282 g/mol. The Morgan fingerprint density at radius 3 is 2.15 bits per heavy atom. The largest absolute Gasteiger partial charge is 0.453 e. The molecule has 1 saturated heterocycles. The van der Waals surface area contributed by atoms with E-state index < -0.39 is 0 Å². The van der Waals surface area contributed by atoms with Gasteiger partial charge in [-0.25, -0.2) is 4.79 Å². The molecule has 2 amide bonds. The molecule has 0 atom stereocenters. The predicted octanol–water partition coefficient (Wildman–Crippen LogP) is 2.30. The first-order chi connectivity index (χ1) is 9.70. The second-order valence-electron chi connectivity index (χ2n) is 5.93. The van der Waals surface area contributed by atoms with Crippen molar-refractivity contribution in [3.05, 3.63) is 0 Å².